The minimum absolute atomic E-state index is 0.0114. The maximum absolute atomic E-state index is 9.22. The predicted molar refractivity (Wildman–Crippen MR) is 63.9 cm³/mol. The molecule has 0 bridgehead atoms. The highest BCUT2D eigenvalue weighted by molar-refractivity contribution is 8.00. The normalized spacial score (nSPS) is 11.0. The minimum atomic E-state index is 0.0114. The molecule has 1 heterocycles. The van der Waals surface area contributed by atoms with Crippen LogP contribution in [0, 0.1) is 0 Å². The molecule has 2 aromatic rings. The Morgan fingerprint density at radius 3 is 2.93 bits per heavy atom. The Balaban J connectivity index is 2.73. The van der Waals surface area contributed by atoms with Crippen LogP contribution in [0.2, 0.25) is 0 Å². The molecule has 4 heteroatoms. The van der Waals surface area contributed by atoms with Crippen molar-refractivity contribution in [1.29, 1.82) is 0 Å². The second kappa shape index (κ2) is 3.81. The Morgan fingerprint density at radius 1 is 1.50 bits per heavy atom. The fourth-order valence-corrected chi connectivity index (χ4v) is 3.18. The van der Waals surface area contributed by atoms with Crippen LogP contribution in [-0.2, 0) is 6.61 Å². The van der Waals surface area contributed by atoms with Gasteiger partial charge < -0.3 is 10.8 Å². The van der Waals surface area contributed by atoms with Gasteiger partial charge in [-0.15, -0.1) is 23.1 Å². The Labute approximate surface area is 90.7 Å². The summed E-state index contributed by atoms with van der Waals surface area (Å²) >= 11 is 3.40. The van der Waals surface area contributed by atoms with Gasteiger partial charge in [-0.05, 0) is 23.8 Å². The van der Waals surface area contributed by atoms with Gasteiger partial charge in [-0.1, -0.05) is 6.07 Å². The van der Waals surface area contributed by atoms with Crippen LogP contribution in [0.25, 0.3) is 10.1 Å². The first-order chi connectivity index (χ1) is 6.76. The molecular weight excluding hydrogens is 214 g/mol. The van der Waals surface area contributed by atoms with Crippen molar-refractivity contribution in [3.8, 4) is 0 Å². The lowest BCUT2D eigenvalue weighted by Gasteiger charge is -2.02. The summed E-state index contributed by atoms with van der Waals surface area (Å²) in [6, 6.07) is 5.98. The number of thioether (sulfide) groups is 1. The summed E-state index contributed by atoms with van der Waals surface area (Å²) < 4.78 is 2.36. The van der Waals surface area contributed by atoms with Crippen LogP contribution in [0.4, 0.5) is 5.69 Å². The smallest absolute Gasteiger partial charge is 0.0716 e. The second-order valence-corrected chi connectivity index (χ2v) is 5.14. The molecule has 1 aromatic carbocycles. The molecule has 0 saturated heterocycles. The van der Waals surface area contributed by atoms with Crippen LogP contribution in [0.15, 0.2) is 22.4 Å². The number of thiophene rings is 1. The first kappa shape index (κ1) is 9.83. The van der Waals surface area contributed by atoms with Gasteiger partial charge in [-0.2, -0.15) is 0 Å². The summed E-state index contributed by atoms with van der Waals surface area (Å²) in [5.41, 5.74) is 7.32. The number of aliphatic hydroxyl groups is 1. The SMILES string of the molecule is CSc1cc2ccc(N)c(CO)c2s1. The van der Waals surface area contributed by atoms with Crippen LogP contribution in [0.3, 0.4) is 0 Å². The van der Waals surface area contributed by atoms with Gasteiger partial charge in [-0.25, -0.2) is 0 Å². The summed E-state index contributed by atoms with van der Waals surface area (Å²) in [5, 5.41) is 10.4. The van der Waals surface area contributed by atoms with Gasteiger partial charge in [0.25, 0.3) is 0 Å². The first-order valence-electron chi connectivity index (χ1n) is 4.22. The largest absolute Gasteiger partial charge is 0.398 e. The van der Waals surface area contributed by atoms with E-state index in [9.17, 15) is 5.11 Å². The van der Waals surface area contributed by atoms with Crippen molar-refractivity contribution in [2.45, 2.75) is 10.8 Å². The predicted octanol–water partition coefficient (Wildman–Crippen LogP) is 2.70. The number of nitrogen functional groups attached to an aromatic ring is 1. The van der Waals surface area contributed by atoms with Crippen LogP contribution < -0.4 is 5.73 Å². The fourth-order valence-electron chi connectivity index (χ4n) is 1.42. The van der Waals surface area contributed by atoms with Gasteiger partial charge >= 0.3 is 0 Å². The number of fused-ring (bicyclic) bond motifs is 1. The van der Waals surface area contributed by atoms with Crippen LogP contribution >= 0.6 is 23.1 Å². The Bertz CT molecular complexity index is 464. The summed E-state index contributed by atoms with van der Waals surface area (Å²) in [6.45, 7) is 0.0114. The zero-order chi connectivity index (χ0) is 10.1. The number of hydrogen-bond donors (Lipinski definition) is 2. The molecule has 3 N–H and O–H groups in total. The molecule has 0 saturated carbocycles. The molecule has 0 fully saturated rings. The third-order valence-electron chi connectivity index (χ3n) is 2.16. The zero-order valence-corrected chi connectivity index (χ0v) is 9.41. The lowest BCUT2D eigenvalue weighted by atomic mass is 10.1. The molecule has 0 spiro atoms. The van der Waals surface area contributed by atoms with E-state index in [1.807, 2.05) is 18.4 Å². The Kier molecular flexibility index (Phi) is 2.67. The van der Waals surface area contributed by atoms with E-state index in [4.69, 9.17) is 5.73 Å². The average Bonchev–Trinajstić information content (AvgIpc) is 2.60. The van der Waals surface area contributed by atoms with E-state index in [1.54, 1.807) is 23.1 Å². The summed E-state index contributed by atoms with van der Waals surface area (Å²) in [4.78, 5) is 0. The quantitative estimate of drug-likeness (QED) is 0.610. The summed E-state index contributed by atoms with van der Waals surface area (Å²) in [5.74, 6) is 0. The molecule has 0 aliphatic rings. The zero-order valence-electron chi connectivity index (χ0n) is 7.78. The Hall–Kier alpha value is -0.710. The molecule has 0 atom stereocenters. The molecular formula is C10H11NOS2. The highest BCUT2D eigenvalue weighted by Crippen LogP contribution is 2.35. The molecule has 14 heavy (non-hydrogen) atoms. The molecule has 0 amide bonds. The monoisotopic (exact) mass is 225 g/mol. The van der Waals surface area contributed by atoms with E-state index in [2.05, 4.69) is 6.07 Å². The molecule has 2 rings (SSSR count). The summed E-state index contributed by atoms with van der Waals surface area (Å²) in [6.07, 6.45) is 2.05. The maximum atomic E-state index is 9.22. The number of rotatable bonds is 2. The highest BCUT2D eigenvalue weighted by atomic mass is 32.2. The van der Waals surface area contributed by atoms with Gasteiger partial charge in [0.15, 0.2) is 0 Å². The van der Waals surface area contributed by atoms with Crippen LogP contribution in [0.1, 0.15) is 5.56 Å². The van der Waals surface area contributed by atoms with E-state index in [0.29, 0.717) is 5.69 Å². The topological polar surface area (TPSA) is 46.2 Å². The van der Waals surface area contributed by atoms with E-state index >= 15 is 0 Å². The van der Waals surface area contributed by atoms with Gasteiger partial charge in [0.05, 0.1) is 10.8 Å². The average molecular weight is 225 g/mol. The number of aliphatic hydroxyl groups excluding tert-OH is 1. The van der Waals surface area contributed by atoms with Gasteiger partial charge in [0.1, 0.15) is 0 Å². The minimum Gasteiger partial charge on any atom is -0.398 e. The van der Waals surface area contributed by atoms with Crippen molar-refractivity contribution in [3.05, 3.63) is 23.8 Å². The van der Waals surface area contributed by atoms with E-state index in [-0.39, 0.29) is 6.61 Å². The first-order valence-corrected chi connectivity index (χ1v) is 6.26. The third-order valence-corrected chi connectivity index (χ3v) is 4.44. The molecule has 2 nitrogen and oxygen atoms in total. The molecule has 0 unspecified atom stereocenters. The third kappa shape index (κ3) is 1.49. The van der Waals surface area contributed by atoms with Crippen molar-refractivity contribution < 1.29 is 5.11 Å². The van der Waals surface area contributed by atoms with Crippen molar-refractivity contribution in [1.82, 2.24) is 0 Å². The molecule has 1 aromatic heterocycles. The number of hydrogen-bond acceptors (Lipinski definition) is 4. The van der Waals surface area contributed by atoms with E-state index < -0.39 is 0 Å². The van der Waals surface area contributed by atoms with Crippen molar-refractivity contribution in [3.63, 3.8) is 0 Å². The molecule has 0 aliphatic heterocycles. The summed E-state index contributed by atoms with van der Waals surface area (Å²) in [7, 11) is 0. The Morgan fingerprint density at radius 2 is 2.29 bits per heavy atom. The number of anilines is 1. The van der Waals surface area contributed by atoms with Crippen LogP contribution in [-0.4, -0.2) is 11.4 Å². The van der Waals surface area contributed by atoms with Crippen molar-refractivity contribution in [2.24, 2.45) is 0 Å². The van der Waals surface area contributed by atoms with Gasteiger partial charge in [0.2, 0.25) is 0 Å². The maximum Gasteiger partial charge on any atom is 0.0716 e. The highest BCUT2D eigenvalue weighted by Gasteiger charge is 2.08. The van der Waals surface area contributed by atoms with Crippen molar-refractivity contribution in [2.75, 3.05) is 12.0 Å². The van der Waals surface area contributed by atoms with Crippen LogP contribution in [0.5, 0.6) is 0 Å². The van der Waals surface area contributed by atoms with E-state index in [1.165, 1.54) is 4.21 Å². The number of benzene rings is 1. The van der Waals surface area contributed by atoms with Gasteiger partial charge in [0, 0.05) is 16.0 Å². The fraction of sp³-hybridized carbons (Fsp3) is 0.200. The van der Waals surface area contributed by atoms with Crippen molar-refractivity contribution >= 4 is 38.9 Å². The molecule has 0 radical (unpaired) electrons. The lowest BCUT2D eigenvalue weighted by Crippen LogP contribution is -1.93. The van der Waals surface area contributed by atoms with E-state index in [0.717, 1.165) is 15.6 Å². The lowest BCUT2D eigenvalue weighted by molar-refractivity contribution is 0.284. The standard InChI is InChI=1S/C10H11NOS2/c1-13-9-4-6-2-3-8(11)7(5-12)10(6)14-9/h2-4,12H,5,11H2,1H3. The number of nitrogens with two attached hydrogens (primary N) is 1. The molecule has 74 valence electrons. The molecule has 0 aliphatic carbocycles. The van der Waals surface area contributed by atoms with Gasteiger partial charge in [-0.3, -0.25) is 0 Å². The second-order valence-electron chi connectivity index (χ2n) is 2.98.